The number of carbonyl (C=O) groups is 1. The molecule has 0 aliphatic carbocycles. The maximum absolute atomic E-state index is 13.6. The van der Waals surface area contributed by atoms with Crippen molar-refractivity contribution in [2.24, 2.45) is 0 Å². The minimum atomic E-state index is -0.820. The first-order valence-electron chi connectivity index (χ1n) is 7.65. The number of ether oxygens (including phenoxy) is 1. The Hall–Kier alpha value is -3.82. The van der Waals surface area contributed by atoms with E-state index in [4.69, 9.17) is 15.0 Å². The van der Waals surface area contributed by atoms with Gasteiger partial charge >= 0.3 is 5.97 Å². The van der Waals surface area contributed by atoms with Gasteiger partial charge in [0, 0.05) is 11.6 Å². The van der Waals surface area contributed by atoms with Crippen molar-refractivity contribution in [1.29, 1.82) is 0 Å². The third kappa shape index (κ3) is 3.89. The number of nitrogens with zero attached hydrogens (tertiary/aromatic N) is 3. The van der Waals surface area contributed by atoms with Crippen molar-refractivity contribution >= 4 is 17.3 Å². The molecule has 2 aromatic carbocycles. The van der Waals surface area contributed by atoms with Gasteiger partial charge in [0.25, 0.3) is 11.6 Å². The fourth-order valence-corrected chi connectivity index (χ4v) is 2.20. The summed E-state index contributed by atoms with van der Waals surface area (Å²) in [6, 6.07) is 8.04. The van der Waals surface area contributed by atoms with E-state index in [0.717, 1.165) is 6.07 Å². The molecule has 27 heavy (non-hydrogen) atoms. The maximum atomic E-state index is 13.6. The highest BCUT2D eigenvalue weighted by molar-refractivity contribution is 5.91. The molecule has 0 unspecified atom stereocenters. The average molecular weight is 372 g/mol. The lowest BCUT2D eigenvalue weighted by atomic mass is 10.1. The third-order valence-corrected chi connectivity index (χ3v) is 3.69. The van der Waals surface area contributed by atoms with E-state index in [-0.39, 0.29) is 29.6 Å². The highest BCUT2D eigenvalue weighted by atomic mass is 19.1. The SMILES string of the molecule is Cc1ccc(-c2noc(COC(=O)c3ccc(N)c([N+](=O)[O-])c3)n2)cc1F. The summed E-state index contributed by atoms with van der Waals surface area (Å²) in [6.07, 6.45) is 0. The number of hydrogen-bond donors (Lipinski definition) is 1. The van der Waals surface area contributed by atoms with E-state index in [2.05, 4.69) is 10.1 Å². The highest BCUT2D eigenvalue weighted by Gasteiger charge is 2.18. The fraction of sp³-hybridized carbons (Fsp3) is 0.118. The van der Waals surface area contributed by atoms with Crippen LogP contribution in [0.4, 0.5) is 15.8 Å². The second-order valence-electron chi connectivity index (χ2n) is 5.58. The lowest BCUT2D eigenvalue weighted by Gasteiger charge is -2.03. The van der Waals surface area contributed by atoms with Crippen LogP contribution in [0.2, 0.25) is 0 Å². The summed E-state index contributed by atoms with van der Waals surface area (Å²) < 4.78 is 23.6. The molecule has 0 amide bonds. The molecule has 0 aliphatic rings. The molecule has 10 heteroatoms. The number of nitrogen functional groups attached to an aromatic ring is 1. The summed E-state index contributed by atoms with van der Waals surface area (Å²) in [6.45, 7) is 1.28. The van der Waals surface area contributed by atoms with Crippen molar-refractivity contribution in [2.75, 3.05) is 5.73 Å². The number of aryl methyl sites for hydroxylation is 1. The molecule has 1 aromatic heterocycles. The Morgan fingerprint density at radius 2 is 2.11 bits per heavy atom. The van der Waals surface area contributed by atoms with Crippen LogP contribution in [-0.2, 0) is 11.3 Å². The van der Waals surface area contributed by atoms with Crippen molar-refractivity contribution in [1.82, 2.24) is 10.1 Å². The molecule has 0 spiro atoms. The molecule has 3 rings (SSSR count). The molecular formula is C17H13FN4O5. The zero-order chi connectivity index (χ0) is 19.6. The first kappa shape index (κ1) is 18.0. The smallest absolute Gasteiger partial charge is 0.338 e. The van der Waals surface area contributed by atoms with Gasteiger partial charge in [-0.05, 0) is 30.7 Å². The number of esters is 1. The first-order valence-corrected chi connectivity index (χ1v) is 7.65. The van der Waals surface area contributed by atoms with Crippen LogP contribution in [0.25, 0.3) is 11.4 Å². The largest absolute Gasteiger partial charge is 0.452 e. The number of aromatic nitrogens is 2. The van der Waals surface area contributed by atoms with Crippen LogP contribution in [0.5, 0.6) is 0 Å². The topological polar surface area (TPSA) is 134 Å². The van der Waals surface area contributed by atoms with Crippen LogP contribution < -0.4 is 5.73 Å². The van der Waals surface area contributed by atoms with Crippen molar-refractivity contribution in [3.05, 3.63) is 69.3 Å². The molecule has 138 valence electrons. The summed E-state index contributed by atoms with van der Waals surface area (Å²) in [7, 11) is 0. The van der Waals surface area contributed by atoms with Gasteiger partial charge < -0.3 is 15.0 Å². The van der Waals surface area contributed by atoms with Crippen LogP contribution in [0.1, 0.15) is 21.8 Å². The van der Waals surface area contributed by atoms with E-state index >= 15 is 0 Å². The van der Waals surface area contributed by atoms with Gasteiger partial charge in [0.05, 0.1) is 10.5 Å². The van der Waals surface area contributed by atoms with Crippen molar-refractivity contribution in [3.63, 3.8) is 0 Å². The van der Waals surface area contributed by atoms with Crippen LogP contribution in [0.15, 0.2) is 40.9 Å². The molecule has 0 saturated carbocycles. The van der Waals surface area contributed by atoms with Gasteiger partial charge in [0.1, 0.15) is 11.5 Å². The molecule has 0 radical (unpaired) electrons. The van der Waals surface area contributed by atoms with Crippen LogP contribution >= 0.6 is 0 Å². The van der Waals surface area contributed by atoms with E-state index in [1.54, 1.807) is 19.1 Å². The predicted molar refractivity (Wildman–Crippen MR) is 91.1 cm³/mol. The molecule has 9 nitrogen and oxygen atoms in total. The van der Waals surface area contributed by atoms with Gasteiger partial charge in [0.15, 0.2) is 6.61 Å². The molecule has 1 heterocycles. The normalized spacial score (nSPS) is 10.6. The molecule has 0 fully saturated rings. The number of hydrogen-bond acceptors (Lipinski definition) is 8. The molecule has 0 atom stereocenters. The fourth-order valence-electron chi connectivity index (χ4n) is 2.20. The molecule has 0 aliphatic heterocycles. The quantitative estimate of drug-likeness (QED) is 0.312. The summed E-state index contributed by atoms with van der Waals surface area (Å²) in [5.41, 5.74) is 5.86. The predicted octanol–water partition coefficient (Wildman–Crippen LogP) is 3.03. The molecular weight excluding hydrogens is 359 g/mol. The number of carbonyl (C=O) groups excluding carboxylic acids is 1. The summed E-state index contributed by atoms with van der Waals surface area (Å²) >= 11 is 0. The standard InChI is InChI=1S/C17H13FN4O5/c1-9-2-3-10(6-12(9)18)16-20-15(27-21-16)8-26-17(23)11-4-5-13(19)14(7-11)22(24)25/h2-7H,8,19H2,1H3. The molecule has 2 N–H and O–H groups in total. The van der Waals surface area contributed by atoms with Gasteiger partial charge in [-0.2, -0.15) is 4.98 Å². The number of nitro benzene ring substituents is 1. The van der Waals surface area contributed by atoms with Crippen molar-refractivity contribution in [2.45, 2.75) is 13.5 Å². The Balaban J connectivity index is 1.69. The Labute approximate surface area is 151 Å². The lowest BCUT2D eigenvalue weighted by Crippen LogP contribution is -2.07. The van der Waals surface area contributed by atoms with E-state index < -0.39 is 22.4 Å². The third-order valence-electron chi connectivity index (χ3n) is 3.69. The lowest BCUT2D eigenvalue weighted by molar-refractivity contribution is -0.383. The zero-order valence-electron chi connectivity index (χ0n) is 14.0. The van der Waals surface area contributed by atoms with E-state index in [1.165, 1.54) is 18.2 Å². The Morgan fingerprint density at radius 3 is 2.81 bits per heavy atom. The van der Waals surface area contributed by atoms with Gasteiger partial charge in [-0.3, -0.25) is 10.1 Å². The van der Waals surface area contributed by atoms with E-state index in [1.807, 2.05) is 0 Å². The van der Waals surface area contributed by atoms with Crippen molar-refractivity contribution in [3.8, 4) is 11.4 Å². The second-order valence-corrected chi connectivity index (χ2v) is 5.58. The molecule has 0 bridgehead atoms. The maximum Gasteiger partial charge on any atom is 0.338 e. The summed E-state index contributed by atoms with van der Waals surface area (Å²) in [5.74, 6) is -1.10. The van der Waals surface area contributed by atoms with E-state index in [9.17, 15) is 19.3 Å². The first-order chi connectivity index (χ1) is 12.8. The molecule has 3 aromatic rings. The number of nitro groups is 1. The Kier molecular flexibility index (Phi) is 4.79. The van der Waals surface area contributed by atoms with Crippen LogP contribution in [-0.4, -0.2) is 21.0 Å². The zero-order valence-corrected chi connectivity index (χ0v) is 14.0. The number of rotatable bonds is 5. The van der Waals surface area contributed by atoms with E-state index in [0.29, 0.717) is 11.1 Å². The second kappa shape index (κ2) is 7.20. The minimum Gasteiger partial charge on any atom is -0.452 e. The van der Waals surface area contributed by atoms with Gasteiger partial charge in [0.2, 0.25) is 5.82 Å². The van der Waals surface area contributed by atoms with Crippen LogP contribution in [0, 0.1) is 22.9 Å². The molecule has 0 saturated heterocycles. The monoisotopic (exact) mass is 372 g/mol. The Bertz CT molecular complexity index is 1030. The average Bonchev–Trinajstić information content (AvgIpc) is 3.11. The number of anilines is 1. The minimum absolute atomic E-state index is 0.00993. The van der Waals surface area contributed by atoms with Crippen molar-refractivity contribution < 1.29 is 23.4 Å². The number of nitrogens with two attached hydrogens (primary N) is 1. The highest BCUT2D eigenvalue weighted by Crippen LogP contribution is 2.23. The Morgan fingerprint density at radius 1 is 1.33 bits per heavy atom. The summed E-state index contributed by atoms with van der Waals surface area (Å²) in [4.78, 5) is 26.2. The van der Waals surface area contributed by atoms with Gasteiger partial charge in [-0.25, -0.2) is 9.18 Å². The van der Waals surface area contributed by atoms with Gasteiger partial charge in [-0.1, -0.05) is 17.3 Å². The number of halogens is 1. The number of benzene rings is 2. The summed E-state index contributed by atoms with van der Waals surface area (Å²) in [5, 5.41) is 14.6. The van der Waals surface area contributed by atoms with Gasteiger partial charge in [-0.15, -0.1) is 0 Å². The van der Waals surface area contributed by atoms with Crippen LogP contribution in [0.3, 0.4) is 0 Å².